The highest BCUT2D eigenvalue weighted by molar-refractivity contribution is 5.71. The molecule has 1 aliphatic heterocycles. The summed E-state index contributed by atoms with van der Waals surface area (Å²) in [7, 11) is 0. The van der Waals surface area contributed by atoms with E-state index in [0.717, 1.165) is 12.8 Å². The minimum atomic E-state index is -0.494. The second-order valence-electron chi connectivity index (χ2n) is 4.33. The van der Waals surface area contributed by atoms with E-state index >= 15 is 0 Å². The van der Waals surface area contributed by atoms with Gasteiger partial charge < -0.3 is 9.84 Å². The Morgan fingerprint density at radius 1 is 1.57 bits per heavy atom. The second kappa shape index (κ2) is 3.51. The number of rotatable bonds is 4. The van der Waals surface area contributed by atoms with Crippen molar-refractivity contribution in [3.63, 3.8) is 0 Å². The second-order valence-corrected chi connectivity index (χ2v) is 4.33. The van der Waals surface area contributed by atoms with E-state index in [9.17, 15) is 9.90 Å². The third-order valence-electron chi connectivity index (χ3n) is 2.99. The van der Waals surface area contributed by atoms with Gasteiger partial charge in [0.1, 0.15) is 0 Å². The molecule has 0 aromatic heterocycles. The Kier molecular flexibility index (Phi) is 2.49. The predicted molar refractivity (Wildman–Crippen MR) is 50.7 cm³/mol. The van der Waals surface area contributed by atoms with Gasteiger partial charge in [0.15, 0.2) is 0 Å². The highest BCUT2D eigenvalue weighted by Crippen LogP contribution is 2.44. The van der Waals surface area contributed by atoms with Crippen LogP contribution in [0.2, 0.25) is 0 Å². The number of carbonyl (C=O) groups excluding carboxylic acids is 1. The first-order valence-electron chi connectivity index (χ1n) is 5.24. The third kappa shape index (κ3) is 1.91. The van der Waals surface area contributed by atoms with Gasteiger partial charge in [-0.15, -0.1) is 0 Å². The van der Waals surface area contributed by atoms with Crippen molar-refractivity contribution in [1.82, 2.24) is 4.90 Å². The number of carbonyl (C=O) groups is 1. The minimum absolute atomic E-state index is 0.189. The SMILES string of the molecule is CCOC(=O)CN1CC(O)(C2CC2)C1. The maximum absolute atomic E-state index is 11.1. The van der Waals surface area contributed by atoms with Gasteiger partial charge in [-0.25, -0.2) is 0 Å². The van der Waals surface area contributed by atoms with Crippen LogP contribution in [0.15, 0.2) is 0 Å². The summed E-state index contributed by atoms with van der Waals surface area (Å²) >= 11 is 0. The summed E-state index contributed by atoms with van der Waals surface area (Å²) < 4.78 is 4.83. The van der Waals surface area contributed by atoms with Crippen molar-refractivity contribution in [1.29, 1.82) is 0 Å². The molecule has 0 aromatic rings. The largest absolute Gasteiger partial charge is 0.465 e. The van der Waals surface area contributed by atoms with Crippen LogP contribution >= 0.6 is 0 Å². The molecule has 0 amide bonds. The summed E-state index contributed by atoms with van der Waals surface area (Å²) in [6.07, 6.45) is 2.29. The average molecular weight is 199 g/mol. The van der Waals surface area contributed by atoms with Crippen LogP contribution in [-0.4, -0.2) is 47.8 Å². The molecule has 2 rings (SSSR count). The van der Waals surface area contributed by atoms with Gasteiger partial charge in [-0.2, -0.15) is 0 Å². The molecule has 1 heterocycles. The summed E-state index contributed by atoms with van der Waals surface area (Å²) in [5, 5.41) is 9.97. The number of esters is 1. The Labute approximate surface area is 83.8 Å². The Bertz CT molecular complexity index is 232. The summed E-state index contributed by atoms with van der Waals surface area (Å²) in [5.41, 5.74) is -0.494. The molecule has 1 saturated heterocycles. The fourth-order valence-electron chi connectivity index (χ4n) is 2.11. The van der Waals surface area contributed by atoms with Crippen molar-refractivity contribution >= 4 is 5.97 Å². The van der Waals surface area contributed by atoms with E-state index in [1.807, 2.05) is 4.90 Å². The molecular formula is C10H17NO3. The predicted octanol–water partition coefficient (Wildman–Crippen LogP) is 0.00620. The number of hydrogen-bond donors (Lipinski definition) is 1. The molecule has 2 aliphatic rings. The van der Waals surface area contributed by atoms with Gasteiger partial charge in [-0.1, -0.05) is 0 Å². The molecule has 4 nitrogen and oxygen atoms in total. The zero-order chi connectivity index (χ0) is 10.2. The number of likely N-dealkylation sites (tertiary alicyclic amines) is 1. The van der Waals surface area contributed by atoms with Crippen LogP contribution in [-0.2, 0) is 9.53 Å². The van der Waals surface area contributed by atoms with Crippen LogP contribution in [0.1, 0.15) is 19.8 Å². The maximum Gasteiger partial charge on any atom is 0.320 e. The van der Waals surface area contributed by atoms with Gasteiger partial charge in [0.05, 0.1) is 18.8 Å². The monoisotopic (exact) mass is 199 g/mol. The van der Waals surface area contributed by atoms with Crippen molar-refractivity contribution in [2.75, 3.05) is 26.2 Å². The lowest BCUT2D eigenvalue weighted by molar-refractivity contribution is -0.155. The van der Waals surface area contributed by atoms with Crippen molar-refractivity contribution < 1.29 is 14.6 Å². The van der Waals surface area contributed by atoms with E-state index in [-0.39, 0.29) is 5.97 Å². The molecule has 0 spiro atoms. The van der Waals surface area contributed by atoms with E-state index in [4.69, 9.17) is 4.74 Å². The van der Waals surface area contributed by atoms with Crippen LogP contribution in [0, 0.1) is 5.92 Å². The summed E-state index contributed by atoms with van der Waals surface area (Å²) in [6, 6.07) is 0. The van der Waals surface area contributed by atoms with Crippen molar-refractivity contribution in [2.45, 2.75) is 25.4 Å². The maximum atomic E-state index is 11.1. The van der Waals surface area contributed by atoms with Crippen LogP contribution in [0.4, 0.5) is 0 Å². The van der Waals surface area contributed by atoms with Crippen molar-refractivity contribution in [3.05, 3.63) is 0 Å². The number of aliphatic hydroxyl groups is 1. The lowest BCUT2D eigenvalue weighted by Crippen LogP contribution is -2.64. The van der Waals surface area contributed by atoms with Crippen LogP contribution in [0.3, 0.4) is 0 Å². The fourth-order valence-corrected chi connectivity index (χ4v) is 2.11. The minimum Gasteiger partial charge on any atom is -0.465 e. The molecule has 1 aliphatic carbocycles. The molecule has 4 heteroatoms. The summed E-state index contributed by atoms with van der Waals surface area (Å²) in [4.78, 5) is 13.0. The van der Waals surface area contributed by atoms with Crippen LogP contribution in [0.25, 0.3) is 0 Å². The number of nitrogens with zero attached hydrogens (tertiary/aromatic N) is 1. The van der Waals surface area contributed by atoms with Crippen LogP contribution in [0.5, 0.6) is 0 Å². The van der Waals surface area contributed by atoms with Gasteiger partial charge in [0, 0.05) is 13.1 Å². The molecule has 0 aromatic carbocycles. The first-order valence-corrected chi connectivity index (χ1v) is 5.24. The first-order chi connectivity index (χ1) is 6.64. The lowest BCUT2D eigenvalue weighted by atomic mass is 9.89. The molecule has 0 atom stereocenters. The van der Waals surface area contributed by atoms with E-state index in [0.29, 0.717) is 32.2 Å². The third-order valence-corrected chi connectivity index (χ3v) is 2.99. The zero-order valence-corrected chi connectivity index (χ0v) is 8.53. The number of hydrogen-bond acceptors (Lipinski definition) is 4. The van der Waals surface area contributed by atoms with Gasteiger partial charge in [-0.3, -0.25) is 9.69 Å². The molecule has 0 radical (unpaired) electrons. The molecule has 0 unspecified atom stereocenters. The fraction of sp³-hybridized carbons (Fsp3) is 0.900. The highest BCUT2D eigenvalue weighted by atomic mass is 16.5. The van der Waals surface area contributed by atoms with Crippen molar-refractivity contribution in [3.8, 4) is 0 Å². The van der Waals surface area contributed by atoms with E-state index in [1.165, 1.54) is 0 Å². The smallest absolute Gasteiger partial charge is 0.320 e. The lowest BCUT2D eigenvalue weighted by Gasteiger charge is -2.46. The van der Waals surface area contributed by atoms with Gasteiger partial charge in [0.25, 0.3) is 0 Å². The standard InChI is InChI=1S/C10H17NO3/c1-2-14-9(12)5-11-6-10(13,7-11)8-3-4-8/h8,13H,2-7H2,1H3. The number of ether oxygens (including phenoxy) is 1. The van der Waals surface area contributed by atoms with Gasteiger partial charge >= 0.3 is 5.97 Å². The number of β-amino-alcohol motifs (C(OH)–C–C–N with tert-alkyl or cyclic N) is 1. The Balaban J connectivity index is 1.69. The van der Waals surface area contributed by atoms with Gasteiger partial charge in [0.2, 0.25) is 0 Å². The highest BCUT2D eigenvalue weighted by Gasteiger charge is 2.51. The summed E-state index contributed by atoms with van der Waals surface area (Å²) in [6.45, 7) is 3.82. The molecule has 2 fully saturated rings. The molecule has 14 heavy (non-hydrogen) atoms. The molecule has 1 saturated carbocycles. The topological polar surface area (TPSA) is 49.8 Å². The molecule has 80 valence electrons. The molecule has 1 N–H and O–H groups in total. The summed E-state index contributed by atoms with van der Waals surface area (Å²) in [5.74, 6) is 0.297. The normalized spacial score (nSPS) is 25.6. The van der Waals surface area contributed by atoms with Crippen molar-refractivity contribution in [2.24, 2.45) is 5.92 Å². The molecule has 0 bridgehead atoms. The Morgan fingerprint density at radius 3 is 2.71 bits per heavy atom. The Morgan fingerprint density at radius 2 is 2.21 bits per heavy atom. The van der Waals surface area contributed by atoms with Crippen LogP contribution < -0.4 is 0 Å². The van der Waals surface area contributed by atoms with E-state index in [1.54, 1.807) is 6.92 Å². The van der Waals surface area contributed by atoms with Gasteiger partial charge in [-0.05, 0) is 25.7 Å². The Hall–Kier alpha value is -0.610. The van der Waals surface area contributed by atoms with E-state index < -0.39 is 5.60 Å². The quantitative estimate of drug-likeness (QED) is 0.648. The van der Waals surface area contributed by atoms with E-state index in [2.05, 4.69) is 0 Å². The zero-order valence-electron chi connectivity index (χ0n) is 8.53. The average Bonchev–Trinajstić information content (AvgIpc) is 2.83. The first kappa shape index (κ1) is 9.93. The molecular weight excluding hydrogens is 182 g/mol.